The predicted octanol–water partition coefficient (Wildman–Crippen LogP) is 3.12. The summed E-state index contributed by atoms with van der Waals surface area (Å²) < 4.78 is 0. The standard InChI is InChI=1S/C14H15ClN4O/c1-3-16-13-7-6-12(18-19-13)14(20)17-10-5-4-9(2)11(15)8-10/h4-8H,3H2,1-2H3,(H,16,19)(H,17,20). The average Bonchev–Trinajstić information content (AvgIpc) is 2.44. The molecule has 0 fully saturated rings. The Morgan fingerprint density at radius 1 is 1.25 bits per heavy atom. The molecule has 0 unspecified atom stereocenters. The fraction of sp³-hybridized carbons (Fsp3) is 0.214. The summed E-state index contributed by atoms with van der Waals surface area (Å²) in [6.45, 7) is 4.62. The monoisotopic (exact) mass is 290 g/mol. The van der Waals surface area contributed by atoms with Crippen LogP contribution in [0.2, 0.25) is 5.02 Å². The van der Waals surface area contributed by atoms with Crippen LogP contribution in [0.25, 0.3) is 0 Å². The van der Waals surface area contributed by atoms with Crippen molar-refractivity contribution in [2.75, 3.05) is 17.2 Å². The third-order valence-electron chi connectivity index (χ3n) is 2.68. The Morgan fingerprint density at radius 2 is 2.05 bits per heavy atom. The van der Waals surface area contributed by atoms with Crippen molar-refractivity contribution < 1.29 is 4.79 Å². The predicted molar refractivity (Wildman–Crippen MR) is 80.3 cm³/mol. The Bertz CT molecular complexity index is 613. The van der Waals surface area contributed by atoms with Gasteiger partial charge in [-0.2, -0.15) is 0 Å². The lowest BCUT2D eigenvalue weighted by molar-refractivity contribution is 0.102. The van der Waals surface area contributed by atoms with E-state index in [9.17, 15) is 4.79 Å². The molecule has 2 N–H and O–H groups in total. The van der Waals surface area contributed by atoms with Gasteiger partial charge in [0.25, 0.3) is 5.91 Å². The number of aromatic nitrogens is 2. The Hall–Kier alpha value is -2.14. The summed E-state index contributed by atoms with van der Waals surface area (Å²) in [5.41, 5.74) is 1.84. The van der Waals surface area contributed by atoms with E-state index in [0.717, 1.165) is 12.1 Å². The molecule has 5 nitrogen and oxygen atoms in total. The maximum Gasteiger partial charge on any atom is 0.276 e. The zero-order chi connectivity index (χ0) is 14.5. The minimum atomic E-state index is -0.319. The van der Waals surface area contributed by atoms with Crippen molar-refractivity contribution in [1.29, 1.82) is 0 Å². The Labute approximate surface area is 122 Å². The van der Waals surface area contributed by atoms with E-state index >= 15 is 0 Å². The maximum absolute atomic E-state index is 12.0. The highest BCUT2D eigenvalue weighted by Crippen LogP contribution is 2.20. The first-order chi connectivity index (χ1) is 9.60. The van der Waals surface area contributed by atoms with Gasteiger partial charge in [-0.15, -0.1) is 10.2 Å². The minimum absolute atomic E-state index is 0.253. The van der Waals surface area contributed by atoms with E-state index in [1.54, 1.807) is 24.3 Å². The summed E-state index contributed by atoms with van der Waals surface area (Å²) in [5.74, 6) is 0.322. The number of aryl methyl sites for hydroxylation is 1. The van der Waals surface area contributed by atoms with Crippen molar-refractivity contribution in [2.45, 2.75) is 13.8 Å². The second kappa shape index (κ2) is 6.34. The van der Waals surface area contributed by atoms with E-state index in [4.69, 9.17) is 11.6 Å². The average molecular weight is 291 g/mol. The number of benzene rings is 1. The molecule has 0 bridgehead atoms. The number of carbonyl (C=O) groups excluding carboxylic acids is 1. The van der Waals surface area contributed by atoms with Gasteiger partial charge in [0.2, 0.25) is 0 Å². The highest BCUT2D eigenvalue weighted by Gasteiger charge is 2.09. The van der Waals surface area contributed by atoms with E-state index in [2.05, 4.69) is 20.8 Å². The van der Waals surface area contributed by atoms with E-state index in [-0.39, 0.29) is 11.6 Å². The number of hydrogen-bond donors (Lipinski definition) is 2. The molecule has 104 valence electrons. The molecule has 20 heavy (non-hydrogen) atoms. The molecule has 6 heteroatoms. The largest absolute Gasteiger partial charge is 0.369 e. The van der Waals surface area contributed by atoms with Gasteiger partial charge in [-0.1, -0.05) is 17.7 Å². The fourth-order valence-electron chi connectivity index (χ4n) is 1.59. The Morgan fingerprint density at radius 3 is 2.65 bits per heavy atom. The van der Waals surface area contributed by atoms with E-state index in [1.165, 1.54) is 0 Å². The first kappa shape index (κ1) is 14.3. The molecule has 1 heterocycles. The van der Waals surface area contributed by atoms with E-state index in [1.807, 2.05) is 19.9 Å². The van der Waals surface area contributed by atoms with Crippen molar-refractivity contribution in [3.05, 3.63) is 46.6 Å². The quantitative estimate of drug-likeness (QED) is 0.908. The first-order valence-electron chi connectivity index (χ1n) is 6.25. The van der Waals surface area contributed by atoms with E-state index < -0.39 is 0 Å². The second-order valence-electron chi connectivity index (χ2n) is 4.25. The number of hydrogen-bond acceptors (Lipinski definition) is 4. The molecule has 0 aliphatic rings. The number of amides is 1. The number of nitrogens with one attached hydrogen (secondary N) is 2. The smallest absolute Gasteiger partial charge is 0.276 e. The van der Waals surface area contributed by atoms with Crippen LogP contribution in [0.3, 0.4) is 0 Å². The van der Waals surface area contributed by atoms with E-state index in [0.29, 0.717) is 16.5 Å². The lowest BCUT2D eigenvalue weighted by atomic mass is 10.2. The molecule has 0 atom stereocenters. The number of nitrogens with zero attached hydrogens (tertiary/aromatic N) is 2. The van der Waals surface area contributed by atoms with Crippen LogP contribution in [0.5, 0.6) is 0 Å². The van der Waals surface area contributed by atoms with Crippen molar-refractivity contribution in [3.63, 3.8) is 0 Å². The van der Waals surface area contributed by atoms with Crippen LogP contribution in [0.15, 0.2) is 30.3 Å². The van der Waals surface area contributed by atoms with Crippen LogP contribution in [-0.2, 0) is 0 Å². The van der Waals surface area contributed by atoms with Gasteiger partial charge in [0.05, 0.1) is 0 Å². The van der Waals surface area contributed by atoms with Gasteiger partial charge in [-0.25, -0.2) is 0 Å². The molecule has 2 aromatic rings. The van der Waals surface area contributed by atoms with Gasteiger partial charge in [0.1, 0.15) is 5.82 Å². The molecule has 0 saturated carbocycles. The second-order valence-corrected chi connectivity index (χ2v) is 4.66. The van der Waals surface area contributed by atoms with Crippen LogP contribution < -0.4 is 10.6 Å². The third kappa shape index (κ3) is 3.45. The van der Waals surface area contributed by atoms with Crippen LogP contribution in [0.1, 0.15) is 23.0 Å². The van der Waals surface area contributed by atoms with Crippen LogP contribution in [0, 0.1) is 6.92 Å². The van der Waals surface area contributed by atoms with Crippen LogP contribution >= 0.6 is 11.6 Å². The molecule has 1 aromatic heterocycles. The summed E-state index contributed by atoms with van der Waals surface area (Å²) in [6, 6.07) is 8.68. The normalized spacial score (nSPS) is 10.2. The number of anilines is 2. The highest BCUT2D eigenvalue weighted by molar-refractivity contribution is 6.31. The summed E-state index contributed by atoms with van der Waals surface area (Å²) in [7, 11) is 0. The number of carbonyl (C=O) groups is 1. The van der Waals surface area contributed by atoms with Gasteiger partial charge >= 0.3 is 0 Å². The Kier molecular flexibility index (Phi) is 4.53. The zero-order valence-corrected chi connectivity index (χ0v) is 12.0. The molecule has 0 radical (unpaired) electrons. The molecule has 0 spiro atoms. The molecule has 0 aliphatic carbocycles. The maximum atomic E-state index is 12.0. The zero-order valence-electron chi connectivity index (χ0n) is 11.3. The van der Waals surface area contributed by atoms with Gasteiger partial charge in [-0.3, -0.25) is 4.79 Å². The van der Waals surface area contributed by atoms with Crippen molar-refractivity contribution >= 4 is 29.0 Å². The van der Waals surface area contributed by atoms with Gasteiger partial charge in [0.15, 0.2) is 5.69 Å². The first-order valence-corrected chi connectivity index (χ1v) is 6.63. The van der Waals surface area contributed by atoms with Crippen molar-refractivity contribution in [1.82, 2.24) is 10.2 Å². The van der Waals surface area contributed by atoms with Crippen LogP contribution in [0.4, 0.5) is 11.5 Å². The minimum Gasteiger partial charge on any atom is -0.369 e. The number of rotatable bonds is 4. The van der Waals surface area contributed by atoms with Crippen molar-refractivity contribution in [3.8, 4) is 0 Å². The molecule has 1 amide bonds. The molecular formula is C14H15ClN4O. The third-order valence-corrected chi connectivity index (χ3v) is 3.09. The Balaban J connectivity index is 2.09. The molecule has 0 saturated heterocycles. The summed E-state index contributed by atoms with van der Waals surface area (Å²) in [6.07, 6.45) is 0. The molecule has 2 rings (SSSR count). The van der Waals surface area contributed by atoms with Crippen molar-refractivity contribution in [2.24, 2.45) is 0 Å². The van der Waals surface area contributed by atoms with Crippen LogP contribution in [-0.4, -0.2) is 22.6 Å². The van der Waals surface area contributed by atoms with Gasteiger partial charge in [0, 0.05) is 17.3 Å². The molecule has 1 aromatic carbocycles. The van der Waals surface area contributed by atoms with Gasteiger partial charge < -0.3 is 10.6 Å². The van der Waals surface area contributed by atoms with Gasteiger partial charge in [-0.05, 0) is 43.7 Å². The number of halogens is 1. The molecule has 0 aliphatic heterocycles. The molecular weight excluding hydrogens is 276 g/mol. The summed E-state index contributed by atoms with van der Waals surface area (Å²) in [5, 5.41) is 14.1. The summed E-state index contributed by atoms with van der Waals surface area (Å²) in [4.78, 5) is 12.0. The SMILES string of the molecule is CCNc1ccc(C(=O)Nc2ccc(C)c(Cl)c2)nn1. The topological polar surface area (TPSA) is 66.9 Å². The lowest BCUT2D eigenvalue weighted by Crippen LogP contribution is -2.15. The summed E-state index contributed by atoms with van der Waals surface area (Å²) >= 11 is 6.01. The highest BCUT2D eigenvalue weighted by atomic mass is 35.5. The fourth-order valence-corrected chi connectivity index (χ4v) is 1.78. The lowest BCUT2D eigenvalue weighted by Gasteiger charge is -2.06.